The Bertz CT molecular complexity index is 602. The number of alkyl halides is 3. The fourth-order valence-electron chi connectivity index (χ4n) is 1.27. The van der Waals surface area contributed by atoms with Gasteiger partial charge in [0.05, 0.1) is 16.0 Å². The van der Waals surface area contributed by atoms with E-state index in [0.29, 0.717) is 6.07 Å². The molecule has 0 fully saturated rings. The van der Waals surface area contributed by atoms with Crippen molar-refractivity contribution in [2.45, 2.75) is 18.0 Å². The summed E-state index contributed by atoms with van der Waals surface area (Å²) in [5, 5.41) is 8.62. The SMILES string of the molecule is Cc1cc(S(=O)(=O)Cl)cc(C(F)(F)F)c1C#N. The van der Waals surface area contributed by atoms with Gasteiger partial charge in [-0.2, -0.15) is 18.4 Å². The Kier molecular flexibility index (Phi) is 3.41. The Morgan fingerprint density at radius 1 is 1.35 bits per heavy atom. The van der Waals surface area contributed by atoms with Crippen LogP contribution in [0.25, 0.3) is 0 Å². The average molecular weight is 284 g/mol. The van der Waals surface area contributed by atoms with E-state index in [2.05, 4.69) is 0 Å². The van der Waals surface area contributed by atoms with Gasteiger partial charge in [-0.15, -0.1) is 0 Å². The van der Waals surface area contributed by atoms with Gasteiger partial charge in [-0.3, -0.25) is 0 Å². The highest BCUT2D eigenvalue weighted by Gasteiger charge is 2.35. The summed E-state index contributed by atoms with van der Waals surface area (Å²) in [5.41, 5.74) is -2.01. The largest absolute Gasteiger partial charge is 0.417 e. The molecule has 0 bridgehead atoms. The molecule has 0 heterocycles. The van der Waals surface area contributed by atoms with E-state index in [1.54, 1.807) is 0 Å². The second kappa shape index (κ2) is 4.20. The summed E-state index contributed by atoms with van der Waals surface area (Å²) in [7, 11) is 0.700. The molecule has 0 unspecified atom stereocenters. The molecular weight excluding hydrogens is 279 g/mol. The maximum Gasteiger partial charge on any atom is 0.417 e. The lowest BCUT2D eigenvalue weighted by Gasteiger charge is -2.11. The van der Waals surface area contributed by atoms with Crippen LogP contribution in [0, 0.1) is 18.3 Å². The molecule has 0 aliphatic carbocycles. The van der Waals surface area contributed by atoms with Gasteiger partial charge in [0, 0.05) is 10.7 Å². The molecule has 0 atom stereocenters. The molecule has 0 aliphatic heterocycles. The van der Waals surface area contributed by atoms with Crippen molar-refractivity contribution in [3.8, 4) is 6.07 Å². The van der Waals surface area contributed by atoms with Gasteiger partial charge in [0.1, 0.15) is 6.07 Å². The van der Waals surface area contributed by atoms with Crippen molar-refractivity contribution in [3.63, 3.8) is 0 Å². The van der Waals surface area contributed by atoms with E-state index in [-0.39, 0.29) is 5.56 Å². The van der Waals surface area contributed by atoms with E-state index in [0.717, 1.165) is 6.07 Å². The lowest BCUT2D eigenvalue weighted by molar-refractivity contribution is -0.138. The maximum absolute atomic E-state index is 12.6. The van der Waals surface area contributed by atoms with E-state index in [9.17, 15) is 21.6 Å². The van der Waals surface area contributed by atoms with Gasteiger partial charge < -0.3 is 0 Å². The van der Waals surface area contributed by atoms with Crippen LogP contribution in [0.4, 0.5) is 13.2 Å². The number of halogens is 4. The highest BCUT2D eigenvalue weighted by molar-refractivity contribution is 8.13. The number of nitriles is 1. The number of aryl methyl sites for hydroxylation is 1. The van der Waals surface area contributed by atoms with E-state index < -0.39 is 31.2 Å². The lowest BCUT2D eigenvalue weighted by atomic mass is 10.0. The van der Waals surface area contributed by atoms with Crippen LogP contribution in [0.5, 0.6) is 0 Å². The highest BCUT2D eigenvalue weighted by Crippen LogP contribution is 2.35. The minimum atomic E-state index is -4.81. The predicted molar refractivity (Wildman–Crippen MR) is 53.9 cm³/mol. The molecule has 0 radical (unpaired) electrons. The molecule has 0 saturated carbocycles. The van der Waals surface area contributed by atoms with Gasteiger partial charge in [-0.1, -0.05) is 0 Å². The van der Waals surface area contributed by atoms with Crippen LogP contribution in [-0.2, 0) is 15.2 Å². The molecule has 3 nitrogen and oxygen atoms in total. The number of nitrogens with zero attached hydrogens (tertiary/aromatic N) is 1. The summed E-state index contributed by atoms with van der Waals surface area (Å²) in [4.78, 5) is -0.678. The molecule has 1 rings (SSSR count). The van der Waals surface area contributed by atoms with Crippen molar-refractivity contribution >= 4 is 19.7 Å². The molecule has 0 amide bonds. The van der Waals surface area contributed by atoms with Gasteiger partial charge >= 0.3 is 6.18 Å². The fraction of sp³-hybridized carbons (Fsp3) is 0.222. The summed E-state index contributed by atoms with van der Waals surface area (Å²) >= 11 is 0. The fourth-order valence-corrected chi connectivity index (χ4v) is 2.11. The zero-order chi connectivity index (χ0) is 13.4. The molecule has 0 N–H and O–H groups in total. The van der Waals surface area contributed by atoms with Gasteiger partial charge in [0.2, 0.25) is 0 Å². The summed E-state index contributed by atoms with van der Waals surface area (Å²) < 4.78 is 59.7. The minimum Gasteiger partial charge on any atom is -0.207 e. The molecular formula is C9H5ClF3NO2S. The van der Waals surface area contributed by atoms with Crippen LogP contribution < -0.4 is 0 Å². The zero-order valence-electron chi connectivity index (χ0n) is 8.34. The molecule has 0 saturated heterocycles. The molecule has 0 aromatic heterocycles. The van der Waals surface area contributed by atoms with E-state index in [4.69, 9.17) is 15.9 Å². The molecule has 8 heteroatoms. The standard InChI is InChI=1S/C9H5ClF3NO2S/c1-5-2-6(17(10,15)16)3-8(7(5)4-14)9(11,12)13/h2-3H,1H3. The first-order valence-corrected chi connectivity index (χ1v) is 6.45. The lowest BCUT2D eigenvalue weighted by Crippen LogP contribution is -2.10. The third kappa shape index (κ3) is 2.90. The van der Waals surface area contributed by atoms with Crippen LogP contribution in [-0.4, -0.2) is 8.42 Å². The second-order valence-corrected chi connectivity index (χ2v) is 5.78. The molecule has 1 aromatic carbocycles. The van der Waals surface area contributed by atoms with Crippen molar-refractivity contribution in [3.05, 3.63) is 28.8 Å². The normalized spacial score (nSPS) is 12.2. The zero-order valence-corrected chi connectivity index (χ0v) is 9.91. The molecule has 1 aromatic rings. The molecule has 17 heavy (non-hydrogen) atoms. The van der Waals surface area contributed by atoms with Crippen LogP contribution >= 0.6 is 10.7 Å². The summed E-state index contributed by atoms with van der Waals surface area (Å²) in [6.07, 6.45) is -4.81. The number of rotatable bonds is 1. The Balaban J connectivity index is 3.70. The average Bonchev–Trinajstić information content (AvgIpc) is 2.13. The second-order valence-electron chi connectivity index (χ2n) is 3.21. The Morgan fingerprint density at radius 2 is 1.88 bits per heavy atom. The van der Waals surface area contributed by atoms with Crippen LogP contribution in [0.2, 0.25) is 0 Å². The first-order valence-electron chi connectivity index (χ1n) is 4.14. The minimum absolute atomic E-state index is 0.0958. The summed E-state index contributed by atoms with van der Waals surface area (Å²) in [5.74, 6) is 0. The Hall–Kier alpha value is -1.26. The van der Waals surface area contributed by atoms with E-state index in [1.165, 1.54) is 13.0 Å². The molecule has 92 valence electrons. The Labute approximate surface area is 99.8 Å². The van der Waals surface area contributed by atoms with Gasteiger partial charge in [-0.05, 0) is 24.6 Å². The van der Waals surface area contributed by atoms with Crippen LogP contribution in [0.15, 0.2) is 17.0 Å². The monoisotopic (exact) mass is 283 g/mol. The first kappa shape index (κ1) is 13.8. The highest BCUT2D eigenvalue weighted by atomic mass is 35.7. The van der Waals surface area contributed by atoms with Crippen molar-refractivity contribution in [1.29, 1.82) is 5.26 Å². The number of hydrogen-bond donors (Lipinski definition) is 0. The third-order valence-electron chi connectivity index (χ3n) is 2.01. The van der Waals surface area contributed by atoms with Crippen molar-refractivity contribution < 1.29 is 21.6 Å². The number of benzene rings is 1. The van der Waals surface area contributed by atoms with Crippen LogP contribution in [0.3, 0.4) is 0 Å². The quantitative estimate of drug-likeness (QED) is 0.745. The van der Waals surface area contributed by atoms with E-state index >= 15 is 0 Å². The van der Waals surface area contributed by atoms with Crippen molar-refractivity contribution in [1.82, 2.24) is 0 Å². The topological polar surface area (TPSA) is 57.9 Å². The maximum atomic E-state index is 12.6. The van der Waals surface area contributed by atoms with E-state index in [1.807, 2.05) is 0 Å². The van der Waals surface area contributed by atoms with Crippen LogP contribution in [0.1, 0.15) is 16.7 Å². The summed E-state index contributed by atoms with van der Waals surface area (Å²) in [6, 6.07) is 2.67. The molecule has 0 aliphatic rings. The van der Waals surface area contributed by atoms with Gasteiger partial charge in [-0.25, -0.2) is 8.42 Å². The van der Waals surface area contributed by atoms with Gasteiger partial charge in [0.25, 0.3) is 9.05 Å². The number of hydrogen-bond acceptors (Lipinski definition) is 3. The smallest absolute Gasteiger partial charge is 0.207 e. The Morgan fingerprint density at radius 3 is 2.24 bits per heavy atom. The van der Waals surface area contributed by atoms with Crippen molar-refractivity contribution in [2.24, 2.45) is 0 Å². The predicted octanol–water partition coefficient (Wildman–Crippen LogP) is 2.81. The first-order chi connectivity index (χ1) is 7.57. The van der Waals surface area contributed by atoms with Crippen molar-refractivity contribution in [2.75, 3.05) is 0 Å². The molecule has 0 spiro atoms. The summed E-state index contributed by atoms with van der Waals surface area (Å²) in [6.45, 7) is 1.21. The van der Waals surface area contributed by atoms with Gasteiger partial charge in [0.15, 0.2) is 0 Å². The third-order valence-corrected chi connectivity index (χ3v) is 3.34.